The van der Waals surface area contributed by atoms with E-state index in [0.29, 0.717) is 0 Å². The Kier molecular flexibility index (Phi) is 5.03. The van der Waals surface area contributed by atoms with E-state index in [4.69, 9.17) is 0 Å². The summed E-state index contributed by atoms with van der Waals surface area (Å²) in [5, 5.41) is 6.70. The highest BCUT2D eigenvalue weighted by Gasteiger charge is 2.28. The molecule has 0 aliphatic rings. The van der Waals surface area contributed by atoms with Crippen molar-refractivity contribution in [1.82, 2.24) is 19.7 Å². The lowest BCUT2D eigenvalue weighted by Crippen LogP contribution is -2.28. The van der Waals surface area contributed by atoms with E-state index >= 15 is 0 Å². The van der Waals surface area contributed by atoms with E-state index in [1.807, 2.05) is 4.72 Å². The van der Waals surface area contributed by atoms with Gasteiger partial charge in [0.25, 0.3) is 10.0 Å². The Morgan fingerprint density at radius 2 is 2.11 bits per heavy atom. The van der Waals surface area contributed by atoms with Crippen LogP contribution in [0.15, 0.2) is 9.63 Å². The molecule has 1 aromatic rings. The van der Waals surface area contributed by atoms with E-state index in [1.54, 1.807) is 0 Å². The Bertz CT molecular complexity index is 496. The van der Waals surface area contributed by atoms with Gasteiger partial charge in [0.1, 0.15) is 0 Å². The van der Waals surface area contributed by atoms with Crippen molar-refractivity contribution in [3.63, 3.8) is 0 Å². The largest absolute Gasteiger partial charge is 0.441 e. The number of aromatic nitrogens is 3. The molecule has 0 aliphatic heterocycles. The van der Waals surface area contributed by atoms with Crippen LogP contribution in [0.5, 0.6) is 0 Å². The minimum atomic E-state index is -4.37. The number of rotatable bonds is 5. The van der Waals surface area contributed by atoms with Crippen LogP contribution < -0.4 is 4.72 Å². The van der Waals surface area contributed by atoms with Gasteiger partial charge in [0, 0.05) is 19.3 Å². The predicted molar refractivity (Wildman–Crippen MR) is 62.4 cm³/mol. The summed E-state index contributed by atoms with van der Waals surface area (Å²) in [7, 11) is -2.58. The first-order valence-electron chi connectivity index (χ1n) is 4.39. The van der Waals surface area contributed by atoms with Crippen molar-refractivity contribution >= 4 is 37.7 Å². The second kappa shape index (κ2) is 5.75. The molecule has 0 bridgehead atoms. The molecule has 1 rings (SSSR count). The summed E-state index contributed by atoms with van der Waals surface area (Å²) in [6, 6.07) is 0. The molecular weight excluding hydrogens is 361 g/mol. The van der Waals surface area contributed by atoms with Crippen molar-refractivity contribution in [1.29, 1.82) is 0 Å². The molecule has 0 saturated heterocycles. The maximum atomic E-state index is 11.8. The number of aryl methyl sites for hydroxylation is 1. The lowest BCUT2D eigenvalue weighted by molar-refractivity contribution is -0.0327. The van der Waals surface area contributed by atoms with Crippen LogP contribution in [0.4, 0.5) is 13.2 Å². The highest BCUT2D eigenvalue weighted by molar-refractivity contribution is 9.10. The third-order valence-corrected chi connectivity index (χ3v) is 4.73. The van der Waals surface area contributed by atoms with Crippen LogP contribution in [0.3, 0.4) is 0 Å². The first-order valence-corrected chi connectivity index (χ1v) is 7.65. The summed E-state index contributed by atoms with van der Waals surface area (Å²) < 4.78 is 62.0. The van der Waals surface area contributed by atoms with E-state index in [9.17, 15) is 21.6 Å². The minimum Gasteiger partial charge on any atom is -0.235 e. The first kappa shape index (κ1) is 15.7. The van der Waals surface area contributed by atoms with Crippen LogP contribution >= 0.6 is 27.7 Å². The quantitative estimate of drug-likeness (QED) is 0.787. The Morgan fingerprint density at radius 1 is 1.50 bits per heavy atom. The fraction of sp³-hybridized carbons (Fsp3) is 0.667. The van der Waals surface area contributed by atoms with Gasteiger partial charge in [0.05, 0.1) is 0 Å². The number of nitrogens with zero attached hydrogens (tertiary/aromatic N) is 3. The summed E-state index contributed by atoms with van der Waals surface area (Å²) in [5.41, 5.74) is -4.37. The van der Waals surface area contributed by atoms with Crippen molar-refractivity contribution in [2.75, 3.05) is 12.3 Å². The van der Waals surface area contributed by atoms with E-state index in [-0.39, 0.29) is 27.9 Å². The third-order valence-electron chi connectivity index (χ3n) is 1.65. The molecule has 12 heteroatoms. The lowest BCUT2D eigenvalue weighted by Gasteiger charge is -2.07. The standard InChI is InChI=1S/C6H8BrF3N4O2S2/c1-14-5(4(7)12-13-14)18(15,16)11-2-3-17-6(8,9)10/h11H,2-3H2,1H3. The molecule has 0 saturated carbocycles. The summed E-state index contributed by atoms with van der Waals surface area (Å²) in [6.07, 6.45) is 0. The van der Waals surface area contributed by atoms with Crippen molar-refractivity contribution in [2.45, 2.75) is 10.5 Å². The SMILES string of the molecule is Cn1nnc(Br)c1S(=O)(=O)NCCSC(F)(F)F. The zero-order valence-electron chi connectivity index (χ0n) is 8.90. The zero-order chi connectivity index (χ0) is 14.0. The monoisotopic (exact) mass is 368 g/mol. The average molecular weight is 369 g/mol. The normalized spacial score (nSPS) is 12.9. The van der Waals surface area contributed by atoms with Crippen LogP contribution in [0.1, 0.15) is 0 Å². The van der Waals surface area contributed by atoms with Crippen molar-refractivity contribution in [3.8, 4) is 0 Å². The highest BCUT2D eigenvalue weighted by atomic mass is 79.9. The first-order chi connectivity index (χ1) is 8.13. The second-order valence-electron chi connectivity index (χ2n) is 3.00. The molecule has 6 nitrogen and oxygen atoms in total. The number of halogens is 4. The van der Waals surface area contributed by atoms with Gasteiger partial charge in [0.15, 0.2) is 4.60 Å². The maximum Gasteiger partial charge on any atom is 0.441 e. The van der Waals surface area contributed by atoms with Gasteiger partial charge in [0.2, 0.25) is 5.03 Å². The van der Waals surface area contributed by atoms with Crippen molar-refractivity contribution < 1.29 is 21.6 Å². The summed E-state index contributed by atoms with van der Waals surface area (Å²) in [4.78, 5) is 0. The molecule has 0 atom stereocenters. The topological polar surface area (TPSA) is 76.9 Å². The molecule has 1 aromatic heterocycles. The molecule has 0 spiro atoms. The van der Waals surface area contributed by atoms with E-state index in [2.05, 4.69) is 26.2 Å². The smallest absolute Gasteiger partial charge is 0.235 e. The molecule has 0 unspecified atom stereocenters. The van der Waals surface area contributed by atoms with E-state index in [1.165, 1.54) is 7.05 Å². The zero-order valence-corrected chi connectivity index (χ0v) is 12.1. The van der Waals surface area contributed by atoms with E-state index in [0.717, 1.165) is 4.68 Å². The van der Waals surface area contributed by atoms with Gasteiger partial charge < -0.3 is 0 Å². The molecule has 0 fully saturated rings. The molecule has 0 amide bonds. The Labute approximate surface area is 113 Å². The number of thioether (sulfide) groups is 1. The number of hydrogen-bond acceptors (Lipinski definition) is 5. The lowest BCUT2D eigenvalue weighted by atomic mass is 10.8. The molecule has 0 aromatic carbocycles. The van der Waals surface area contributed by atoms with Gasteiger partial charge in [-0.2, -0.15) is 13.2 Å². The van der Waals surface area contributed by atoms with Crippen molar-refractivity contribution in [2.24, 2.45) is 7.05 Å². The third kappa shape index (κ3) is 4.40. The number of alkyl halides is 3. The molecule has 104 valence electrons. The van der Waals surface area contributed by atoms with Crippen LogP contribution in [0.2, 0.25) is 0 Å². The van der Waals surface area contributed by atoms with Gasteiger partial charge in [-0.25, -0.2) is 17.8 Å². The molecule has 1 heterocycles. The summed E-state index contributed by atoms with van der Waals surface area (Å²) >= 11 is 2.60. The van der Waals surface area contributed by atoms with Crippen LogP contribution in [0.25, 0.3) is 0 Å². The minimum absolute atomic E-state index is 0.000902. The number of sulfonamides is 1. The van der Waals surface area contributed by atoms with E-state index < -0.39 is 21.3 Å². The molecule has 0 aliphatic carbocycles. The fourth-order valence-electron chi connectivity index (χ4n) is 1.02. The van der Waals surface area contributed by atoms with Gasteiger partial charge in [-0.05, 0) is 27.7 Å². The Morgan fingerprint density at radius 3 is 2.56 bits per heavy atom. The number of nitrogens with one attached hydrogen (secondary N) is 1. The summed E-state index contributed by atoms with van der Waals surface area (Å²) in [6.45, 7) is -0.343. The average Bonchev–Trinajstić information content (AvgIpc) is 2.52. The summed E-state index contributed by atoms with van der Waals surface area (Å²) in [5.74, 6) is -0.411. The molecule has 0 radical (unpaired) electrons. The number of hydrogen-bond donors (Lipinski definition) is 1. The van der Waals surface area contributed by atoms with Gasteiger partial charge in [-0.3, -0.25) is 0 Å². The van der Waals surface area contributed by atoms with Crippen LogP contribution in [-0.2, 0) is 17.1 Å². The van der Waals surface area contributed by atoms with Crippen LogP contribution in [0, 0.1) is 0 Å². The molecule has 1 N–H and O–H groups in total. The molecular formula is C6H8BrF3N4O2S2. The maximum absolute atomic E-state index is 11.8. The fourth-order valence-corrected chi connectivity index (χ4v) is 3.71. The van der Waals surface area contributed by atoms with Crippen LogP contribution in [-0.4, -0.2) is 41.2 Å². The Hall–Kier alpha value is -0.330. The van der Waals surface area contributed by atoms with Gasteiger partial charge in [-0.1, -0.05) is 5.21 Å². The van der Waals surface area contributed by atoms with Gasteiger partial charge >= 0.3 is 5.51 Å². The predicted octanol–water partition coefficient (Wildman–Crippen LogP) is 1.11. The van der Waals surface area contributed by atoms with Gasteiger partial charge in [-0.15, -0.1) is 5.10 Å². The molecule has 18 heavy (non-hydrogen) atoms. The Balaban J connectivity index is 2.62. The second-order valence-corrected chi connectivity index (χ2v) is 6.59. The highest BCUT2D eigenvalue weighted by Crippen LogP contribution is 2.29. The van der Waals surface area contributed by atoms with Crippen molar-refractivity contribution in [3.05, 3.63) is 4.60 Å².